The Morgan fingerprint density at radius 1 is 1.50 bits per heavy atom. The van der Waals surface area contributed by atoms with E-state index >= 15 is 0 Å². The van der Waals surface area contributed by atoms with Crippen LogP contribution in [0.15, 0.2) is 18.3 Å². The highest BCUT2D eigenvalue weighted by atomic mass is 16.2. The molecule has 0 spiro atoms. The third kappa shape index (κ3) is 3.49. The molecule has 2 N–H and O–H groups in total. The zero-order chi connectivity index (χ0) is 14.4. The summed E-state index contributed by atoms with van der Waals surface area (Å²) in [4.78, 5) is 7.08. The van der Waals surface area contributed by atoms with E-state index in [2.05, 4.69) is 34.3 Å². The van der Waals surface area contributed by atoms with Crippen molar-refractivity contribution in [1.29, 1.82) is 0 Å². The van der Waals surface area contributed by atoms with E-state index < -0.39 is 0 Å². The van der Waals surface area contributed by atoms with Crippen molar-refractivity contribution in [3.63, 3.8) is 0 Å². The molecule has 0 bridgehead atoms. The fourth-order valence-electron chi connectivity index (χ4n) is 3.14. The number of nitrogens with one attached hydrogen (secondary N) is 1. The second kappa shape index (κ2) is 7.60. The molecule has 20 heavy (non-hydrogen) atoms. The van der Waals surface area contributed by atoms with Gasteiger partial charge in [0.05, 0.1) is 17.6 Å². The van der Waals surface area contributed by atoms with Gasteiger partial charge in [-0.25, -0.2) is 0 Å². The highest BCUT2D eigenvalue weighted by molar-refractivity contribution is 5.47. The minimum atomic E-state index is 0.294. The first-order chi connectivity index (χ1) is 9.80. The maximum atomic E-state index is 9.00. The van der Waals surface area contributed by atoms with E-state index in [1.807, 2.05) is 13.2 Å². The first kappa shape index (κ1) is 15.3. The van der Waals surface area contributed by atoms with Gasteiger partial charge in [0.25, 0.3) is 0 Å². The quantitative estimate of drug-likeness (QED) is 0.804. The molecule has 0 amide bonds. The van der Waals surface area contributed by atoms with Gasteiger partial charge < -0.3 is 15.3 Å². The average molecular weight is 277 g/mol. The van der Waals surface area contributed by atoms with E-state index in [0.717, 1.165) is 31.5 Å². The summed E-state index contributed by atoms with van der Waals surface area (Å²) in [5.74, 6) is 0. The van der Waals surface area contributed by atoms with Gasteiger partial charge >= 0.3 is 0 Å². The lowest BCUT2D eigenvalue weighted by Crippen LogP contribution is -2.29. The molecule has 2 unspecified atom stereocenters. The smallest absolute Gasteiger partial charge is 0.0574 e. The van der Waals surface area contributed by atoms with Crippen molar-refractivity contribution in [2.24, 2.45) is 0 Å². The van der Waals surface area contributed by atoms with Gasteiger partial charge in [0.1, 0.15) is 0 Å². The van der Waals surface area contributed by atoms with Crippen LogP contribution in [0.3, 0.4) is 0 Å². The maximum Gasteiger partial charge on any atom is 0.0574 e. The van der Waals surface area contributed by atoms with Crippen molar-refractivity contribution in [2.75, 3.05) is 25.1 Å². The topological polar surface area (TPSA) is 48.4 Å². The molecule has 112 valence electrons. The Morgan fingerprint density at radius 3 is 2.95 bits per heavy atom. The summed E-state index contributed by atoms with van der Waals surface area (Å²) < 4.78 is 0. The number of pyridine rings is 1. The molecule has 1 fully saturated rings. The Balaban J connectivity index is 2.05. The maximum absolute atomic E-state index is 9.00. The Labute approximate surface area is 122 Å². The largest absolute Gasteiger partial charge is 0.396 e. The molecule has 0 saturated carbocycles. The molecule has 1 aliphatic rings. The number of hydrogen-bond donors (Lipinski definition) is 2. The first-order valence-electron chi connectivity index (χ1n) is 7.80. The van der Waals surface area contributed by atoms with Crippen molar-refractivity contribution in [3.05, 3.63) is 24.0 Å². The van der Waals surface area contributed by atoms with Crippen LogP contribution in [0.5, 0.6) is 0 Å². The Morgan fingerprint density at radius 2 is 2.35 bits per heavy atom. The fourth-order valence-corrected chi connectivity index (χ4v) is 3.14. The molecule has 0 radical (unpaired) electrons. The van der Waals surface area contributed by atoms with Gasteiger partial charge in [-0.05, 0) is 51.3 Å². The highest BCUT2D eigenvalue weighted by Crippen LogP contribution is 2.28. The van der Waals surface area contributed by atoms with Crippen molar-refractivity contribution in [1.82, 2.24) is 10.3 Å². The lowest BCUT2D eigenvalue weighted by Gasteiger charge is -2.27. The predicted octanol–water partition coefficient (Wildman–Crippen LogP) is 2.49. The molecule has 1 aromatic rings. The standard InChI is InChI=1S/C16H27N3O/c1-3-15(17-2)16-9-8-14(12-18-16)19-10-4-6-13(19)7-5-11-20/h8-9,12-13,15,17,20H,3-7,10-11H2,1-2H3. The predicted molar refractivity (Wildman–Crippen MR) is 83.0 cm³/mol. The molecule has 1 aromatic heterocycles. The molecule has 1 saturated heterocycles. The van der Waals surface area contributed by atoms with Crippen molar-refractivity contribution < 1.29 is 5.11 Å². The molecule has 1 aliphatic heterocycles. The van der Waals surface area contributed by atoms with Crippen LogP contribution in [0.25, 0.3) is 0 Å². The SMILES string of the molecule is CCC(NC)c1ccc(N2CCCC2CCCO)cn1. The van der Waals surface area contributed by atoms with E-state index in [-0.39, 0.29) is 0 Å². The van der Waals surface area contributed by atoms with Crippen LogP contribution in [-0.4, -0.2) is 36.3 Å². The van der Waals surface area contributed by atoms with Crippen molar-refractivity contribution in [3.8, 4) is 0 Å². The minimum Gasteiger partial charge on any atom is -0.396 e. The van der Waals surface area contributed by atoms with Gasteiger partial charge in [0.15, 0.2) is 0 Å². The van der Waals surface area contributed by atoms with Gasteiger partial charge in [-0.1, -0.05) is 6.92 Å². The van der Waals surface area contributed by atoms with Crippen LogP contribution in [0.1, 0.15) is 50.8 Å². The highest BCUT2D eigenvalue weighted by Gasteiger charge is 2.24. The van der Waals surface area contributed by atoms with Crippen molar-refractivity contribution >= 4 is 5.69 Å². The van der Waals surface area contributed by atoms with E-state index in [1.54, 1.807) is 0 Å². The second-order valence-electron chi connectivity index (χ2n) is 5.55. The van der Waals surface area contributed by atoms with Crippen LogP contribution in [0.4, 0.5) is 5.69 Å². The first-order valence-corrected chi connectivity index (χ1v) is 7.80. The normalized spacial score (nSPS) is 20.4. The molecule has 2 atom stereocenters. The number of hydrogen-bond acceptors (Lipinski definition) is 4. The summed E-state index contributed by atoms with van der Waals surface area (Å²) in [6.45, 7) is 3.57. The molecular weight excluding hydrogens is 250 g/mol. The molecule has 2 rings (SSSR count). The summed E-state index contributed by atoms with van der Waals surface area (Å²) >= 11 is 0. The van der Waals surface area contributed by atoms with E-state index in [1.165, 1.54) is 18.5 Å². The van der Waals surface area contributed by atoms with Gasteiger partial charge in [0.2, 0.25) is 0 Å². The van der Waals surface area contributed by atoms with Crippen LogP contribution in [-0.2, 0) is 0 Å². The van der Waals surface area contributed by atoms with E-state index in [4.69, 9.17) is 5.11 Å². The zero-order valence-corrected chi connectivity index (χ0v) is 12.7. The number of rotatable bonds is 7. The Bertz CT molecular complexity index is 389. The molecule has 0 aliphatic carbocycles. The fraction of sp³-hybridized carbons (Fsp3) is 0.688. The van der Waals surface area contributed by atoms with E-state index in [0.29, 0.717) is 18.7 Å². The van der Waals surface area contributed by atoms with Gasteiger partial charge in [-0.15, -0.1) is 0 Å². The average Bonchev–Trinajstić information content (AvgIpc) is 2.95. The molecular formula is C16H27N3O. The summed E-state index contributed by atoms with van der Waals surface area (Å²) in [7, 11) is 1.98. The van der Waals surface area contributed by atoms with Gasteiger partial charge in [0, 0.05) is 25.2 Å². The van der Waals surface area contributed by atoms with Crippen LogP contribution in [0, 0.1) is 0 Å². The third-order valence-electron chi connectivity index (χ3n) is 4.29. The number of aliphatic hydroxyl groups excluding tert-OH is 1. The molecule has 4 heteroatoms. The van der Waals surface area contributed by atoms with Gasteiger partial charge in [-0.2, -0.15) is 0 Å². The Kier molecular flexibility index (Phi) is 5.80. The van der Waals surface area contributed by atoms with Crippen LogP contribution in [0.2, 0.25) is 0 Å². The summed E-state index contributed by atoms with van der Waals surface area (Å²) in [6.07, 6.45) is 7.50. The lowest BCUT2D eigenvalue weighted by atomic mass is 10.1. The van der Waals surface area contributed by atoms with Crippen LogP contribution >= 0.6 is 0 Å². The summed E-state index contributed by atoms with van der Waals surface area (Å²) in [5.41, 5.74) is 2.34. The molecule has 2 heterocycles. The molecule has 4 nitrogen and oxygen atoms in total. The monoisotopic (exact) mass is 277 g/mol. The molecule has 0 aromatic carbocycles. The minimum absolute atomic E-state index is 0.294. The third-order valence-corrected chi connectivity index (χ3v) is 4.29. The number of anilines is 1. The summed E-state index contributed by atoms with van der Waals surface area (Å²) in [5, 5.41) is 12.3. The van der Waals surface area contributed by atoms with Crippen LogP contribution < -0.4 is 10.2 Å². The number of nitrogens with zero attached hydrogens (tertiary/aromatic N) is 2. The van der Waals surface area contributed by atoms with Gasteiger partial charge in [-0.3, -0.25) is 4.98 Å². The number of aliphatic hydroxyl groups is 1. The second-order valence-corrected chi connectivity index (χ2v) is 5.55. The van der Waals surface area contributed by atoms with E-state index in [9.17, 15) is 0 Å². The lowest BCUT2D eigenvalue weighted by molar-refractivity contribution is 0.279. The Hall–Kier alpha value is -1.13. The van der Waals surface area contributed by atoms with Crippen molar-refractivity contribution in [2.45, 2.75) is 51.1 Å². The number of aromatic nitrogens is 1. The zero-order valence-electron chi connectivity index (χ0n) is 12.7. The summed E-state index contributed by atoms with van der Waals surface area (Å²) in [6, 6.07) is 5.25.